The van der Waals surface area contributed by atoms with Crippen LogP contribution in [0.15, 0.2) is 61.2 Å². The molecule has 0 aliphatic heterocycles. The largest absolute Gasteiger partial charge is 0.320 e. The second-order valence-electron chi connectivity index (χ2n) is 5.34. The predicted octanol–water partition coefficient (Wildman–Crippen LogP) is 3.21. The quantitative estimate of drug-likeness (QED) is 0.733. The first-order valence-corrected chi connectivity index (χ1v) is 7.52. The van der Waals surface area contributed by atoms with E-state index < -0.39 is 0 Å². The molecule has 4 nitrogen and oxygen atoms in total. The van der Waals surface area contributed by atoms with Crippen LogP contribution in [0.5, 0.6) is 0 Å². The van der Waals surface area contributed by atoms with Crippen molar-refractivity contribution in [3.63, 3.8) is 0 Å². The number of pyridine rings is 1. The molecule has 22 heavy (non-hydrogen) atoms. The van der Waals surface area contributed by atoms with Gasteiger partial charge in [0.1, 0.15) is 0 Å². The van der Waals surface area contributed by atoms with E-state index in [1.807, 2.05) is 37.9 Å². The number of rotatable bonds is 6. The molecule has 0 amide bonds. The maximum atomic E-state index is 4.26. The molecule has 2 aromatic heterocycles. The average molecular weight is 292 g/mol. The summed E-state index contributed by atoms with van der Waals surface area (Å²) in [5.74, 6) is 0.361. The van der Waals surface area contributed by atoms with Crippen molar-refractivity contribution in [3.8, 4) is 11.1 Å². The third kappa shape index (κ3) is 3.23. The van der Waals surface area contributed by atoms with Crippen molar-refractivity contribution in [2.24, 2.45) is 0 Å². The van der Waals surface area contributed by atoms with E-state index in [2.05, 4.69) is 50.8 Å². The van der Waals surface area contributed by atoms with Gasteiger partial charge in [0.15, 0.2) is 0 Å². The van der Waals surface area contributed by atoms with Gasteiger partial charge in [0.25, 0.3) is 0 Å². The summed E-state index contributed by atoms with van der Waals surface area (Å²) in [6.07, 6.45) is 8.58. The molecule has 4 heteroatoms. The van der Waals surface area contributed by atoms with Crippen LogP contribution in [0.2, 0.25) is 0 Å². The highest BCUT2D eigenvalue weighted by Crippen LogP contribution is 2.29. The molecule has 2 N–H and O–H groups in total. The smallest absolute Gasteiger partial charge is 0.0565 e. The SMILES string of the molecule is CNCCC(c1ccc(-c2cn[nH]c2)cc1)c1cccnc1. The van der Waals surface area contributed by atoms with Crippen LogP contribution in [0.4, 0.5) is 0 Å². The van der Waals surface area contributed by atoms with Gasteiger partial charge in [-0.3, -0.25) is 10.1 Å². The van der Waals surface area contributed by atoms with Gasteiger partial charge in [-0.25, -0.2) is 0 Å². The lowest BCUT2D eigenvalue weighted by molar-refractivity contribution is 0.660. The van der Waals surface area contributed by atoms with Crippen molar-refractivity contribution in [2.75, 3.05) is 13.6 Å². The molecule has 0 spiro atoms. The molecular weight excluding hydrogens is 272 g/mol. The molecule has 0 aliphatic carbocycles. The van der Waals surface area contributed by atoms with E-state index in [1.165, 1.54) is 16.7 Å². The Labute approximate surface area is 130 Å². The third-order valence-electron chi connectivity index (χ3n) is 3.91. The van der Waals surface area contributed by atoms with E-state index >= 15 is 0 Å². The van der Waals surface area contributed by atoms with Gasteiger partial charge < -0.3 is 5.32 Å². The highest BCUT2D eigenvalue weighted by Gasteiger charge is 2.14. The van der Waals surface area contributed by atoms with E-state index in [1.54, 1.807) is 0 Å². The summed E-state index contributed by atoms with van der Waals surface area (Å²) in [5, 5.41) is 10.1. The zero-order valence-electron chi connectivity index (χ0n) is 12.7. The summed E-state index contributed by atoms with van der Waals surface area (Å²) in [6, 6.07) is 12.9. The lowest BCUT2D eigenvalue weighted by Crippen LogP contribution is -2.13. The molecule has 3 rings (SSSR count). The molecular formula is C18H20N4. The molecule has 0 radical (unpaired) electrons. The number of aromatic amines is 1. The number of nitrogens with one attached hydrogen (secondary N) is 2. The number of aromatic nitrogens is 3. The molecule has 0 fully saturated rings. The molecule has 1 unspecified atom stereocenters. The predicted molar refractivity (Wildman–Crippen MR) is 88.6 cm³/mol. The Hall–Kier alpha value is -2.46. The minimum Gasteiger partial charge on any atom is -0.320 e. The third-order valence-corrected chi connectivity index (χ3v) is 3.91. The van der Waals surface area contributed by atoms with Crippen LogP contribution < -0.4 is 5.32 Å². The number of hydrogen-bond donors (Lipinski definition) is 2. The second kappa shape index (κ2) is 7.00. The van der Waals surface area contributed by atoms with Crippen LogP contribution in [0.1, 0.15) is 23.5 Å². The highest BCUT2D eigenvalue weighted by molar-refractivity contribution is 5.62. The van der Waals surface area contributed by atoms with Crippen LogP contribution in [-0.4, -0.2) is 28.8 Å². The van der Waals surface area contributed by atoms with Gasteiger partial charge in [0, 0.05) is 30.1 Å². The maximum absolute atomic E-state index is 4.26. The first-order chi connectivity index (χ1) is 10.9. The van der Waals surface area contributed by atoms with Crippen molar-refractivity contribution in [1.29, 1.82) is 0 Å². The van der Waals surface area contributed by atoms with Crippen molar-refractivity contribution in [1.82, 2.24) is 20.5 Å². The van der Waals surface area contributed by atoms with E-state index in [0.29, 0.717) is 5.92 Å². The van der Waals surface area contributed by atoms with Gasteiger partial charge in [-0.05, 0) is 42.8 Å². The first kappa shape index (κ1) is 14.5. The van der Waals surface area contributed by atoms with Crippen molar-refractivity contribution >= 4 is 0 Å². The van der Waals surface area contributed by atoms with Gasteiger partial charge >= 0.3 is 0 Å². The minimum absolute atomic E-state index is 0.361. The van der Waals surface area contributed by atoms with E-state index in [-0.39, 0.29) is 0 Å². The molecule has 0 aliphatic rings. The normalized spacial score (nSPS) is 12.2. The van der Waals surface area contributed by atoms with Gasteiger partial charge in [-0.15, -0.1) is 0 Å². The maximum Gasteiger partial charge on any atom is 0.0565 e. The van der Waals surface area contributed by atoms with Crippen molar-refractivity contribution in [3.05, 3.63) is 72.3 Å². The summed E-state index contributed by atoms with van der Waals surface area (Å²) in [6.45, 7) is 0.975. The van der Waals surface area contributed by atoms with Gasteiger partial charge in [-0.2, -0.15) is 5.10 Å². The first-order valence-electron chi connectivity index (χ1n) is 7.52. The topological polar surface area (TPSA) is 53.6 Å². The van der Waals surface area contributed by atoms with E-state index in [9.17, 15) is 0 Å². The number of H-pyrrole nitrogens is 1. The molecule has 0 saturated heterocycles. The Morgan fingerprint density at radius 3 is 2.55 bits per heavy atom. The summed E-state index contributed by atoms with van der Waals surface area (Å²) in [7, 11) is 1.99. The van der Waals surface area contributed by atoms with E-state index in [4.69, 9.17) is 0 Å². The fraction of sp³-hybridized carbons (Fsp3) is 0.222. The van der Waals surface area contributed by atoms with Crippen LogP contribution in [0, 0.1) is 0 Å². The van der Waals surface area contributed by atoms with Crippen LogP contribution in [-0.2, 0) is 0 Å². The van der Waals surface area contributed by atoms with Gasteiger partial charge in [0.05, 0.1) is 6.20 Å². The summed E-state index contributed by atoms with van der Waals surface area (Å²) in [4.78, 5) is 4.26. The Balaban J connectivity index is 1.87. The molecule has 3 aromatic rings. The zero-order valence-corrected chi connectivity index (χ0v) is 12.7. The van der Waals surface area contributed by atoms with E-state index in [0.717, 1.165) is 18.5 Å². The standard InChI is InChI=1S/C18H20N4/c1-19-10-8-18(16-3-2-9-20-11-16)15-6-4-14(5-7-15)17-12-21-22-13-17/h2-7,9,11-13,18-19H,8,10H2,1H3,(H,21,22). The van der Waals surface area contributed by atoms with Crippen molar-refractivity contribution < 1.29 is 0 Å². The minimum atomic E-state index is 0.361. The fourth-order valence-electron chi connectivity index (χ4n) is 2.71. The number of nitrogens with zero attached hydrogens (tertiary/aromatic N) is 2. The van der Waals surface area contributed by atoms with Crippen LogP contribution >= 0.6 is 0 Å². The Bertz CT molecular complexity index is 675. The number of hydrogen-bond acceptors (Lipinski definition) is 3. The van der Waals surface area contributed by atoms with Crippen LogP contribution in [0.3, 0.4) is 0 Å². The fourth-order valence-corrected chi connectivity index (χ4v) is 2.71. The second-order valence-corrected chi connectivity index (χ2v) is 5.34. The monoisotopic (exact) mass is 292 g/mol. The Kier molecular flexibility index (Phi) is 4.61. The molecule has 1 atom stereocenters. The van der Waals surface area contributed by atoms with Crippen molar-refractivity contribution in [2.45, 2.75) is 12.3 Å². The molecule has 2 heterocycles. The summed E-state index contributed by atoms with van der Waals surface area (Å²) < 4.78 is 0. The average Bonchev–Trinajstić information content (AvgIpc) is 3.11. The lowest BCUT2D eigenvalue weighted by Gasteiger charge is -2.18. The molecule has 0 bridgehead atoms. The Morgan fingerprint density at radius 1 is 1.05 bits per heavy atom. The molecule has 0 saturated carbocycles. The molecule has 1 aromatic carbocycles. The van der Waals surface area contributed by atoms with Gasteiger partial charge in [-0.1, -0.05) is 30.3 Å². The number of benzene rings is 1. The highest BCUT2D eigenvalue weighted by atomic mass is 15.1. The lowest BCUT2D eigenvalue weighted by atomic mass is 9.88. The van der Waals surface area contributed by atoms with Gasteiger partial charge in [0.2, 0.25) is 0 Å². The molecule has 112 valence electrons. The zero-order chi connectivity index (χ0) is 15.2. The van der Waals surface area contributed by atoms with Crippen LogP contribution in [0.25, 0.3) is 11.1 Å². The summed E-state index contributed by atoms with van der Waals surface area (Å²) in [5.41, 5.74) is 4.86. The Morgan fingerprint density at radius 2 is 1.91 bits per heavy atom. The summed E-state index contributed by atoms with van der Waals surface area (Å²) >= 11 is 0.